The minimum absolute atomic E-state index is 0.163. The van der Waals surface area contributed by atoms with E-state index in [1.54, 1.807) is 0 Å². The molecule has 0 saturated heterocycles. The fourth-order valence-corrected chi connectivity index (χ4v) is 3.34. The van der Waals surface area contributed by atoms with Gasteiger partial charge in [0.1, 0.15) is 18.0 Å². The first kappa shape index (κ1) is 16.0. The average molecular weight is 377 g/mol. The standard InChI is InChI=1S/C19H13BrN4/c1-10-13(7-12-5-3-4-6-16(12)20)17-11(2)15(9-22)19(23)24-18(17)14(10)8-21/h3-7H,1-2H3,(H2,23,24)/b13-7+. The van der Waals surface area contributed by atoms with Crippen LogP contribution in [0.5, 0.6) is 0 Å². The zero-order chi connectivity index (χ0) is 17.4. The molecule has 0 unspecified atom stereocenters. The molecule has 1 aliphatic rings. The molecule has 1 aromatic carbocycles. The monoisotopic (exact) mass is 376 g/mol. The number of nitrogens with zero attached hydrogens (tertiary/aromatic N) is 3. The number of hydrogen-bond donors (Lipinski definition) is 1. The minimum Gasteiger partial charge on any atom is -0.383 e. The van der Waals surface area contributed by atoms with E-state index >= 15 is 0 Å². The van der Waals surface area contributed by atoms with Crippen molar-refractivity contribution in [2.45, 2.75) is 13.8 Å². The number of nitriles is 2. The molecule has 3 rings (SSSR count). The van der Waals surface area contributed by atoms with Gasteiger partial charge in [-0.05, 0) is 48.3 Å². The van der Waals surface area contributed by atoms with Crippen LogP contribution in [0.3, 0.4) is 0 Å². The molecule has 0 aliphatic heterocycles. The van der Waals surface area contributed by atoms with Gasteiger partial charge in [-0.2, -0.15) is 10.5 Å². The molecular weight excluding hydrogens is 364 g/mol. The number of benzene rings is 1. The summed E-state index contributed by atoms with van der Waals surface area (Å²) in [4.78, 5) is 4.32. The maximum Gasteiger partial charge on any atom is 0.142 e. The Kier molecular flexibility index (Phi) is 3.97. The molecule has 0 radical (unpaired) electrons. The van der Waals surface area contributed by atoms with Crippen molar-refractivity contribution >= 4 is 39.0 Å². The first-order chi connectivity index (χ1) is 11.5. The number of rotatable bonds is 1. The molecule has 1 aliphatic carbocycles. The second-order valence-electron chi connectivity index (χ2n) is 5.52. The third kappa shape index (κ3) is 2.31. The number of pyridine rings is 1. The third-order valence-corrected chi connectivity index (χ3v) is 4.91. The molecule has 24 heavy (non-hydrogen) atoms. The summed E-state index contributed by atoms with van der Waals surface area (Å²) in [5, 5.41) is 18.9. The van der Waals surface area contributed by atoms with Crippen molar-refractivity contribution in [1.82, 2.24) is 4.98 Å². The molecule has 2 N–H and O–H groups in total. The van der Waals surface area contributed by atoms with Crippen LogP contribution in [-0.4, -0.2) is 4.98 Å². The molecule has 116 valence electrons. The van der Waals surface area contributed by atoms with Gasteiger partial charge in [0.05, 0.1) is 16.8 Å². The normalized spacial score (nSPS) is 14.5. The molecule has 1 heterocycles. The highest BCUT2D eigenvalue weighted by atomic mass is 79.9. The Bertz CT molecular complexity index is 1020. The maximum atomic E-state index is 9.54. The Morgan fingerprint density at radius 3 is 2.50 bits per heavy atom. The molecule has 0 atom stereocenters. The zero-order valence-corrected chi connectivity index (χ0v) is 14.8. The number of nitrogens with two attached hydrogens (primary N) is 1. The van der Waals surface area contributed by atoms with Gasteiger partial charge in [-0.3, -0.25) is 0 Å². The lowest BCUT2D eigenvalue weighted by Crippen LogP contribution is -2.03. The second kappa shape index (κ2) is 5.96. The summed E-state index contributed by atoms with van der Waals surface area (Å²) in [6.45, 7) is 3.74. The van der Waals surface area contributed by atoms with Crippen molar-refractivity contribution in [3.63, 3.8) is 0 Å². The van der Waals surface area contributed by atoms with Crippen LogP contribution < -0.4 is 5.73 Å². The topological polar surface area (TPSA) is 86.5 Å². The highest BCUT2D eigenvalue weighted by Gasteiger charge is 2.29. The largest absolute Gasteiger partial charge is 0.383 e. The molecule has 2 aromatic rings. The summed E-state index contributed by atoms with van der Waals surface area (Å²) >= 11 is 3.54. The van der Waals surface area contributed by atoms with E-state index in [4.69, 9.17) is 5.73 Å². The molecule has 0 spiro atoms. The van der Waals surface area contributed by atoms with E-state index in [-0.39, 0.29) is 5.82 Å². The highest BCUT2D eigenvalue weighted by Crippen LogP contribution is 2.44. The number of halogens is 1. The van der Waals surface area contributed by atoms with Gasteiger partial charge in [0.15, 0.2) is 0 Å². The lowest BCUT2D eigenvalue weighted by molar-refractivity contribution is 1.22. The summed E-state index contributed by atoms with van der Waals surface area (Å²) < 4.78 is 0.957. The SMILES string of the molecule is CC1=C(C#N)c2nc(N)c(C#N)c(C)c2/C1=C/c1ccccc1Br. The quantitative estimate of drug-likeness (QED) is 0.795. The van der Waals surface area contributed by atoms with Crippen molar-refractivity contribution in [2.24, 2.45) is 0 Å². The minimum atomic E-state index is 0.163. The van der Waals surface area contributed by atoms with E-state index in [0.29, 0.717) is 16.8 Å². The first-order valence-electron chi connectivity index (χ1n) is 7.28. The van der Waals surface area contributed by atoms with E-state index in [1.807, 2.05) is 44.2 Å². The molecule has 4 nitrogen and oxygen atoms in total. The number of allylic oxidation sites excluding steroid dienone is 3. The third-order valence-electron chi connectivity index (χ3n) is 4.19. The molecular formula is C19H13BrN4. The number of aromatic nitrogens is 1. The Hall–Kier alpha value is -2.89. The molecule has 0 bridgehead atoms. The highest BCUT2D eigenvalue weighted by molar-refractivity contribution is 9.10. The van der Waals surface area contributed by atoms with Gasteiger partial charge in [0, 0.05) is 10.0 Å². The van der Waals surface area contributed by atoms with E-state index < -0.39 is 0 Å². The lowest BCUT2D eigenvalue weighted by Gasteiger charge is -2.11. The predicted octanol–water partition coefficient (Wildman–Crippen LogP) is 4.46. The zero-order valence-electron chi connectivity index (χ0n) is 13.2. The lowest BCUT2D eigenvalue weighted by atomic mass is 9.95. The number of anilines is 1. The van der Waals surface area contributed by atoms with E-state index in [9.17, 15) is 10.5 Å². The van der Waals surface area contributed by atoms with Crippen LogP contribution in [0.2, 0.25) is 0 Å². The van der Waals surface area contributed by atoms with Crippen LogP contribution in [0.4, 0.5) is 5.82 Å². The summed E-state index contributed by atoms with van der Waals surface area (Å²) in [6.07, 6.45) is 2.01. The maximum absolute atomic E-state index is 9.54. The fourth-order valence-electron chi connectivity index (χ4n) is 2.94. The Morgan fingerprint density at radius 2 is 1.88 bits per heavy atom. The Balaban J connectivity index is 2.36. The summed E-state index contributed by atoms with van der Waals surface area (Å²) in [5.74, 6) is 0.163. The van der Waals surface area contributed by atoms with Crippen LogP contribution >= 0.6 is 15.9 Å². The molecule has 1 aromatic heterocycles. The summed E-state index contributed by atoms with van der Waals surface area (Å²) in [5.41, 5.74) is 11.6. The van der Waals surface area contributed by atoms with Crippen molar-refractivity contribution in [3.8, 4) is 12.1 Å². The van der Waals surface area contributed by atoms with Gasteiger partial charge in [-0.15, -0.1) is 0 Å². The van der Waals surface area contributed by atoms with E-state index in [1.165, 1.54) is 0 Å². The summed E-state index contributed by atoms with van der Waals surface area (Å²) in [7, 11) is 0. The van der Waals surface area contributed by atoms with Gasteiger partial charge in [0.25, 0.3) is 0 Å². The predicted molar refractivity (Wildman–Crippen MR) is 98.3 cm³/mol. The average Bonchev–Trinajstić information content (AvgIpc) is 2.81. The van der Waals surface area contributed by atoms with Crippen LogP contribution in [0.1, 0.15) is 34.9 Å². The Morgan fingerprint density at radius 1 is 1.17 bits per heavy atom. The van der Waals surface area contributed by atoms with Gasteiger partial charge >= 0.3 is 0 Å². The summed E-state index contributed by atoms with van der Waals surface area (Å²) in [6, 6.07) is 12.2. The van der Waals surface area contributed by atoms with E-state index in [2.05, 4.69) is 33.1 Å². The van der Waals surface area contributed by atoms with Gasteiger partial charge < -0.3 is 5.73 Å². The number of nitrogen functional groups attached to an aromatic ring is 1. The van der Waals surface area contributed by atoms with Crippen molar-refractivity contribution < 1.29 is 0 Å². The van der Waals surface area contributed by atoms with Crippen LogP contribution in [0.25, 0.3) is 17.2 Å². The fraction of sp³-hybridized carbons (Fsp3) is 0.105. The van der Waals surface area contributed by atoms with Gasteiger partial charge in [0.2, 0.25) is 0 Å². The van der Waals surface area contributed by atoms with Crippen LogP contribution in [0, 0.1) is 29.6 Å². The van der Waals surface area contributed by atoms with Gasteiger partial charge in [-0.25, -0.2) is 4.98 Å². The van der Waals surface area contributed by atoms with Gasteiger partial charge in [-0.1, -0.05) is 34.1 Å². The molecule has 5 heteroatoms. The number of fused-ring (bicyclic) bond motifs is 1. The number of hydrogen-bond acceptors (Lipinski definition) is 4. The molecule has 0 fully saturated rings. The second-order valence-corrected chi connectivity index (χ2v) is 6.38. The van der Waals surface area contributed by atoms with Crippen molar-refractivity contribution in [3.05, 3.63) is 62.3 Å². The van der Waals surface area contributed by atoms with Crippen molar-refractivity contribution in [2.75, 3.05) is 5.73 Å². The van der Waals surface area contributed by atoms with Crippen molar-refractivity contribution in [1.29, 1.82) is 10.5 Å². The molecule has 0 saturated carbocycles. The van der Waals surface area contributed by atoms with E-state index in [0.717, 1.165) is 32.3 Å². The first-order valence-corrected chi connectivity index (χ1v) is 8.07. The Labute approximate surface area is 148 Å². The smallest absolute Gasteiger partial charge is 0.142 e. The van der Waals surface area contributed by atoms with Crippen LogP contribution in [0.15, 0.2) is 34.3 Å². The molecule has 0 amide bonds. The van der Waals surface area contributed by atoms with Crippen LogP contribution in [-0.2, 0) is 0 Å².